The largest absolute Gasteiger partial charge is 0.446 e. The van der Waals surface area contributed by atoms with Crippen LogP contribution in [-0.4, -0.2) is 30.3 Å². The minimum atomic E-state index is -1.15. The molecule has 1 aromatic carbocycles. The van der Waals surface area contributed by atoms with Crippen LogP contribution in [0.25, 0.3) is 0 Å². The molecule has 0 heterocycles. The van der Waals surface area contributed by atoms with Gasteiger partial charge >= 0.3 is 0 Å². The molecule has 0 aliphatic carbocycles. The topological polar surface area (TPSA) is 44.8 Å². The second-order valence-corrected chi connectivity index (χ2v) is 16.2. The summed E-state index contributed by atoms with van der Waals surface area (Å²) in [5.74, 6) is 0.963. The Balaban J connectivity index is 3.06. The third kappa shape index (κ3) is 12.1. The molecule has 1 unspecified atom stereocenters. The van der Waals surface area contributed by atoms with Crippen LogP contribution in [0.3, 0.4) is 0 Å². The fourth-order valence-electron chi connectivity index (χ4n) is 3.79. The number of carbonyl (C=O) groups is 1. The highest BCUT2D eigenvalue weighted by molar-refractivity contribution is 7.49. The summed E-state index contributed by atoms with van der Waals surface area (Å²) in [4.78, 5) is 11.1. The molecule has 0 spiro atoms. The van der Waals surface area contributed by atoms with Crippen LogP contribution in [0.4, 0.5) is 0 Å². The molecule has 1 aromatic rings. The maximum atomic E-state index is 11.1. The molecule has 1 rings (SSSR count). The summed E-state index contributed by atoms with van der Waals surface area (Å²) in [5, 5.41) is -0.115. The number of benzene rings is 1. The van der Waals surface area contributed by atoms with Crippen LogP contribution in [-0.2, 0) is 31.3 Å². The molecule has 0 saturated heterocycles. The smallest absolute Gasteiger partial charge is 0.235 e. The van der Waals surface area contributed by atoms with Gasteiger partial charge in [0, 0.05) is 29.3 Å². The van der Waals surface area contributed by atoms with Gasteiger partial charge in [0.15, 0.2) is 0 Å². The van der Waals surface area contributed by atoms with E-state index >= 15 is 0 Å². The summed E-state index contributed by atoms with van der Waals surface area (Å²) < 4.78 is 19.2. The average molecular weight is 523 g/mol. The van der Waals surface area contributed by atoms with Crippen LogP contribution < -0.4 is 4.52 Å². The van der Waals surface area contributed by atoms with Crippen molar-refractivity contribution in [2.24, 2.45) is 0 Å². The highest BCUT2D eigenvalue weighted by Crippen LogP contribution is 2.55. The van der Waals surface area contributed by atoms with E-state index in [1.807, 2.05) is 0 Å². The molecule has 0 fully saturated rings. The monoisotopic (exact) mass is 522 g/mol. The van der Waals surface area contributed by atoms with Crippen molar-refractivity contribution in [1.82, 2.24) is 0 Å². The standard InChI is InChI=1S/C31H55O4P/c1-28(2,3)25-22-24(18-17-19-32)23-26(29(4,5)6)27(25)35-36(31(10,11)12)34-21-16-14-13-15-20-33-30(7,8)9/h19,22-23H,13-18,20-21H2,1-12H3. The second kappa shape index (κ2) is 13.7. The molecule has 0 radical (unpaired) electrons. The average Bonchev–Trinajstić information content (AvgIpc) is 2.70. The zero-order valence-electron chi connectivity index (χ0n) is 25.5. The van der Waals surface area contributed by atoms with Crippen molar-refractivity contribution in [3.8, 4) is 5.75 Å². The van der Waals surface area contributed by atoms with Gasteiger partial charge in [-0.15, -0.1) is 0 Å². The van der Waals surface area contributed by atoms with E-state index in [1.165, 1.54) is 16.7 Å². The van der Waals surface area contributed by atoms with E-state index < -0.39 is 8.38 Å². The first kappa shape index (κ1) is 33.1. The van der Waals surface area contributed by atoms with Crippen molar-refractivity contribution in [3.05, 3.63) is 28.8 Å². The highest BCUT2D eigenvalue weighted by atomic mass is 31.2. The minimum Gasteiger partial charge on any atom is -0.446 e. The lowest BCUT2D eigenvalue weighted by Gasteiger charge is -2.35. The first-order chi connectivity index (χ1) is 16.4. The van der Waals surface area contributed by atoms with Gasteiger partial charge in [0.2, 0.25) is 8.38 Å². The molecule has 0 amide bonds. The molecule has 208 valence electrons. The molecule has 36 heavy (non-hydrogen) atoms. The number of ether oxygens (including phenoxy) is 1. The van der Waals surface area contributed by atoms with E-state index in [4.69, 9.17) is 13.8 Å². The minimum absolute atomic E-state index is 0.0620. The molecule has 4 nitrogen and oxygen atoms in total. The van der Waals surface area contributed by atoms with Crippen LogP contribution >= 0.6 is 8.38 Å². The first-order valence-corrected chi connectivity index (χ1v) is 14.9. The summed E-state index contributed by atoms with van der Waals surface area (Å²) >= 11 is 0. The lowest BCUT2D eigenvalue weighted by molar-refractivity contribution is -0.107. The first-order valence-electron chi connectivity index (χ1n) is 13.7. The lowest BCUT2D eigenvalue weighted by atomic mass is 9.78. The summed E-state index contributed by atoms with van der Waals surface area (Å²) in [6.07, 6.45) is 6.68. The van der Waals surface area contributed by atoms with Gasteiger partial charge in [0.05, 0.1) is 12.2 Å². The Hall–Kier alpha value is -0.960. The predicted octanol–water partition coefficient (Wildman–Crippen LogP) is 9.29. The number of hydrogen-bond donors (Lipinski definition) is 0. The van der Waals surface area contributed by atoms with Crippen LogP contribution in [0.15, 0.2) is 12.1 Å². The van der Waals surface area contributed by atoms with Crippen LogP contribution in [0.2, 0.25) is 0 Å². The van der Waals surface area contributed by atoms with Gasteiger partial charge in [-0.2, -0.15) is 0 Å². The van der Waals surface area contributed by atoms with Crippen LogP contribution in [0, 0.1) is 0 Å². The summed E-state index contributed by atoms with van der Waals surface area (Å²) in [6, 6.07) is 4.48. The van der Waals surface area contributed by atoms with Gasteiger partial charge in [0.1, 0.15) is 12.0 Å². The Morgan fingerprint density at radius 1 is 0.750 bits per heavy atom. The van der Waals surface area contributed by atoms with E-state index in [-0.39, 0.29) is 21.6 Å². The SMILES string of the molecule is CC(C)(C)OCCCCCCOP(Oc1c(C(C)(C)C)cc(CCC=O)cc1C(C)(C)C)C(C)(C)C. The Morgan fingerprint density at radius 2 is 1.25 bits per heavy atom. The second-order valence-electron chi connectivity index (χ2n) is 14.0. The number of aryl methyl sites for hydroxylation is 1. The fraction of sp³-hybridized carbons (Fsp3) is 0.774. The fourth-order valence-corrected chi connectivity index (χ4v) is 5.17. The van der Waals surface area contributed by atoms with E-state index in [0.717, 1.165) is 50.7 Å². The Kier molecular flexibility index (Phi) is 12.6. The molecular weight excluding hydrogens is 467 g/mol. The molecule has 0 bridgehead atoms. The van der Waals surface area contributed by atoms with Crippen molar-refractivity contribution >= 4 is 14.7 Å². The molecule has 0 aliphatic heterocycles. The summed E-state index contributed by atoms with van der Waals surface area (Å²) in [5.41, 5.74) is 3.32. The van der Waals surface area contributed by atoms with Crippen molar-refractivity contribution < 1.29 is 18.6 Å². The van der Waals surface area contributed by atoms with Gasteiger partial charge in [-0.25, -0.2) is 0 Å². The van der Waals surface area contributed by atoms with E-state index in [0.29, 0.717) is 13.0 Å². The maximum Gasteiger partial charge on any atom is 0.235 e. The van der Waals surface area contributed by atoms with Gasteiger partial charge in [-0.3, -0.25) is 0 Å². The Morgan fingerprint density at radius 3 is 1.67 bits per heavy atom. The summed E-state index contributed by atoms with van der Waals surface area (Å²) in [6.45, 7) is 27.8. The maximum absolute atomic E-state index is 11.1. The van der Waals surface area contributed by atoms with Crippen molar-refractivity contribution in [1.29, 1.82) is 0 Å². The number of hydrogen-bond acceptors (Lipinski definition) is 4. The van der Waals surface area contributed by atoms with Crippen LogP contribution in [0.5, 0.6) is 5.75 Å². The number of unbranched alkanes of at least 4 members (excludes halogenated alkanes) is 3. The molecule has 1 atom stereocenters. The van der Waals surface area contributed by atoms with E-state index in [1.54, 1.807) is 0 Å². The molecule has 0 N–H and O–H groups in total. The van der Waals surface area contributed by atoms with Gasteiger partial charge in [-0.1, -0.05) is 87.3 Å². The van der Waals surface area contributed by atoms with E-state index in [9.17, 15) is 4.79 Å². The predicted molar refractivity (Wildman–Crippen MR) is 156 cm³/mol. The zero-order chi connectivity index (χ0) is 27.8. The third-order valence-corrected chi connectivity index (χ3v) is 7.68. The third-order valence-electron chi connectivity index (χ3n) is 5.82. The Labute approximate surface area is 224 Å². The van der Waals surface area contributed by atoms with Crippen molar-refractivity contribution in [3.63, 3.8) is 0 Å². The summed E-state index contributed by atoms with van der Waals surface area (Å²) in [7, 11) is -1.15. The highest BCUT2D eigenvalue weighted by Gasteiger charge is 2.34. The van der Waals surface area contributed by atoms with Gasteiger partial charge in [-0.05, 0) is 56.4 Å². The van der Waals surface area contributed by atoms with E-state index in [2.05, 4.69) is 95.2 Å². The van der Waals surface area contributed by atoms with Crippen molar-refractivity contribution in [2.75, 3.05) is 13.2 Å². The van der Waals surface area contributed by atoms with Crippen LogP contribution in [0.1, 0.15) is 132 Å². The molecule has 0 aliphatic rings. The quantitative estimate of drug-likeness (QED) is 0.147. The molecule has 0 aromatic heterocycles. The molecule has 5 heteroatoms. The molecule has 0 saturated carbocycles. The molecular formula is C31H55O4P. The lowest BCUT2D eigenvalue weighted by Crippen LogP contribution is -2.23. The van der Waals surface area contributed by atoms with Crippen molar-refractivity contribution in [2.45, 2.75) is 143 Å². The Bertz CT molecular complexity index is 769. The van der Waals surface area contributed by atoms with Gasteiger partial charge < -0.3 is 18.6 Å². The zero-order valence-corrected chi connectivity index (χ0v) is 26.4. The normalized spacial score (nSPS) is 14.1. The number of carbonyl (C=O) groups excluding carboxylic acids is 1. The number of aldehydes is 1. The van der Waals surface area contributed by atoms with Gasteiger partial charge in [0.25, 0.3) is 0 Å². The number of rotatable bonds is 13.